The molecular formula is C27H29ClN4O2. The first-order valence-corrected chi connectivity index (χ1v) is 11.9. The van der Waals surface area contributed by atoms with Crippen LogP contribution in [0, 0.1) is 6.92 Å². The highest BCUT2D eigenvalue weighted by Gasteiger charge is 2.28. The Hall–Kier alpha value is -3.35. The number of hydrogen-bond donors (Lipinski definition) is 3. The van der Waals surface area contributed by atoms with E-state index >= 15 is 0 Å². The van der Waals surface area contributed by atoms with Gasteiger partial charge in [-0.25, -0.2) is 0 Å². The molecule has 176 valence electrons. The van der Waals surface area contributed by atoms with Crippen molar-refractivity contribution in [1.29, 1.82) is 0 Å². The number of benzene rings is 2. The number of nitrogens with one attached hydrogen (secondary N) is 3. The molecule has 0 aliphatic carbocycles. The van der Waals surface area contributed by atoms with E-state index < -0.39 is 0 Å². The standard InChI is InChI=1S/C27H29ClN4O2/c1-4-32(5-2)13-12-29-27(34)24-14-17(3)23(30-24)16-21-25-20(18-8-6-9-19(28)15-18)10-7-11-22(25)31-26(21)33/h6-11,14-16,30H,4-5,12-13H2,1-3H3,(H,29,34)(H,31,33). The highest BCUT2D eigenvalue weighted by Crippen LogP contribution is 2.41. The van der Waals surface area contributed by atoms with Crippen LogP contribution < -0.4 is 10.6 Å². The molecule has 0 radical (unpaired) electrons. The number of rotatable bonds is 8. The highest BCUT2D eigenvalue weighted by atomic mass is 35.5. The summed E-state index contributed by atoms with van der Waals surface area (Å²) < 4.78 is 0. The molecule has 2 aromatic carbocycles. The molecule has 2 amide bonds. The summed E-state index contributed by atoms with van der Waals surface area (Å²) in [5, 5.41) is 6.56. The predicted octanol–water partition coefficient (Wildman–Crippen LogP) is 5.21. The number of anilines is 1. The summed E-state index contributed by atoms with van der Waals surface area (Å²) in [4.78, 5) is 31.0. The number of hydrogen-bond acceptors (Lipinski definition) is 3. The van der Waals surface area contributed by atoms with Gasteiger partial charge in [0.2, 0.25) is 0 Å². The van der Waals surface area contributed by atoms with Crippen LogP contribution in [0.15, 0.2) is 48.5 Å². The smallest absolute Gasteiger partial charge is 0.267 e. The molecule has 0 spiro atoms. The first kappa shape index (κ1) is 23.8. The summed E-state index contributed by atoms with van der Waals surface area (Å²) >= 11 is 6.22. The van der Waals surface area contributed by atoms with E-state index in [2.05, 4.69) is 34.4 Å². The number of aromatic amines is 1. The van der Waals surface area contributed by atoms with Crippen LogP contribution in [0.5, 0.6) is 0 Å². The van der Waals surface area contributed by atoms with E-state index in [4.69, 9.17) is 11.6 Å². The maximum Gasteiger partial charge on any atom is 0.267 e. The second kappa shape index (κ2) is 10.3. The molecule has 1 aliphatic rings. The van der Waals surface area contributed by atoms with Gasteiger partial charge in [-0.05, 0) is 67.0 Å². The van der Waals surface area contributed by atoms with E-state index in [9.17, 15) is 9.59 Å². The van der Waals surface area contributed by atoms with Gasteiger partial charge in [-0.2, -0.15) is 0 Å². The van der Waals surface area contributed by atoms with Crippen molar-refractivity contribution >= 4 is 40.8 Å². The molecule has 4 rings (SSSR count). The normalized spacial score (nSPS) is 13.9. The van der Waals surface area contributed by atoms with Crippen molar-refractivity contribution < 1.29 is 9.59 Å². The van der Waals surface area contributed by atoms with Crippen LogP contribution in [0.1, 0.15) is 41.2 Å². The fourth-order valence-corrected chi connectivity index (χ4v) is 4.43. The number of aryl methyl sites for hydroxylation is 1. The first-order valence-electron chi connectivity index (χ1n) is 11.5. The minimum absolute atomic E-state index is 0.157. The Morgan fingerprint density at radius 3 is 2.62 bits per heavy atom. The van der Waals surface area contributed by atoms with Crippen LogP contribution in [0.2, 0.25) is 5.02 Å². The summed E-state index contributed by atoms with van der Waals surface area (Å²) in [6, 6.07) is 15.2. The number of halogens is 1. The van der Waals surface area contributed by atoms with E-state index in [-0.39, 0.29) is 11.8 Å². The van der Waals surface area contributed by atoms with E-state index in [0.717, 1.165) is 53.3 Å². The fourth-order valence-electron chi connectivity index (χ4n) is 4.24. The number of nitrogens with zero attached hydrogens (tertiary/aromatic N) is 1. The monoisotopic (exact) mass is 476 g/mol. The zero-order valence-electron chi connectivity index (χ0n) is 19.7. The van der Waals surface area contributed by atoms with Gasteiger partial charge >= 0.3 is 0 Å². The van der Waals surface area contributed by atoms with Gasteiger partial charge < -0.3 is 20.5 Å². The molecule has 1 aliphatic heterocycles. The second-order valence-corrected chi connectivity index (χ2v) is 8.75. The van der Waals surface area contributed by atoms with Crippen molar-refractivity contribution in [3.8, 4) is 11.1 Å². The zero-order chi connectivity index (χ0) is 24.2. The van der Waals surface area contributed by atoms with Crippen LogP contribution in [-0.4, -0.2) is 47.9 Å². The molecule has 1 aromatic heterocycles. The van der Waals surface area contributed by atoms with Crippen LogP contribution in [0.4, 0.5) is 5.69 Å². The number of H-pyrrole nitrogens is 1. The average molecular weight is 477 g/mol. The van der Waals surface area contributed by atoms with Gasteiger partial charge in [0.05, 0.1) is 5.57 Å². The van der Waals surface area contributed by atoms with Gasteiger partial charge in [0.1, 0.15) is 5.69 Å². The summed E-state index contributed by atoms with van der Waals surface area (Å²) in [5.74, 6) is -0.334. The van der Waals surface area contributed by atoms with E-state index in [1.54, 1.807) is 0 Å². The van der Waals surface area contributed by atoms with E-state index in [0.29, 0.717) is 22.8 Å². The Morgan fingerprint density at radius 2 is 1.88 bits per heavy atom. The number of amides is 2. The van der Waals surface area contributed by atoms with Gasteiger partial charge in [-0.3, -0.25) is 9.59 Å². The van der Waals surface area contributed by atoms with Gasteiger partial charge in [-0.15, -0.1) is 0 Å². The summed E-state index contributed by atoms with van der Waals surface area (Å²) in [6.07, 6.45) is 1.82. The Balaban J connectivity index is 1.62. The topological polar surface area (TPSA) is 77.2 Å². The summed E-state index contributed by atoms with van der Waals surface area (Å²) in [6.45, 7) is 9.42. The minimum Gasteiger partial charge on any atom is -0.351 e. The molecule has 0 fully saturated rings. The van der Waals surface area contributed by atoms with Crippen LogP contribution in [0.25, 0.3) is 22.8 Å². The number of fused-ring (bicyclic) bond motifs is 1. The van der Waals surface area contributed by atoms with E-state index in [1.165, 1.54) is 0 Å². The summed E-state index contributed by atoms with van der Waals surface area (Å²) in [5.41, 5.74) is 6.08. The van der Waals surface area contributed by atoms with Crippen LogP contribution >= 0.6 is 11.6 Å². The van der Waals surface area contributed by atoms with Crippen molar-refractivity contribution in [1.82, 2.24) is 15.2 Å². The molecule has 0 unspecified atom stereocenters. The third kappa shape index (κ3) is 4.93. The number of carbonyl (C=O) groups is 2. The third-order valence-corrected chi connectivity index (χ3v) is 6.39. The maximum absolute atomic E-state index is 12.9. The fraction of sp³-hybridized carbons (Fsp3) is 0.259. The molecule has 2 heterocycles. The molecule has 7 heteroatoms. The average Bonchev–Trinajstić information content (AvgIpc) is 3.36. The van der Waals surface area contributed by atoms with E-state index in [1.807, 2.05) is 61.5 Å². The number of likely N-dealkylation sites (N-methyl/N-ethyl adjacent to an activating group) is 1. The zero-order valence-corrected chi connectivity index (χ0v) is 20.4. The summed E-state index contributed by atoms with van der Waals surface area (Å²) in [7, 11) is 0. The van der Waals surface area contributed by atoms with Gasteiger partial charge in [0, 0.05) is 35.1 Å². The molecule has 0 bridgehead atoms. The molecule has 0 saturated heterocycles. The molecule has 6 nitrogen and oxygen atoms in total. The lowest BCUT2D eigenvalue weighted by Gasteiger charge is -2.17. The van der Waals surface area contributed by atoms with Crippen LogP contribution in [0.3, 0.4) is 0 Å². The largest absolute Gasteiger partial charge is 0.351 e. The van der Waals surface area contributed by atoms with Crippen molar-refractivity contribution in [3.63, 3.8) is 0 Å². The Kier molecular flexibility index (Phi) is 7.20. The Bertz CT molecular complexity index is 1260. The van der Waals surface area contributed by atoms with Crippen molar-refractivity contribution in [2.75, 3.05) is 31.5 Å². The SMILES string of the molecule is CCN(CC)CCNC(=O)c1cc(C)c(C=C2C(=O)Nc3cccc(-c4cccc(Cl)c4)c32)[nH]1. The van der Waals surface area contributed by atoms with Crippen LogP contribution in [-0.2, 0) is 4.79 Å². The minimum atomic E-state index is -0.177. The lowest BCUT2D eigenvalue weighted by molar-refractivity contribution is -0.110. The molecule has 0 saturated carbocycles. The molecular weight excluding hydrogens is 448 g/mol. The lowest BCUT2D eigenvalue weighted by atomic mass is 9.94. The molecule has 34 heavy (non-hydrogen) atoms. The van der Waals surface area contributed by atoms with Gasteiger partial charge in [-0.1, -0.05) is 49.7 Å². The first-order chi connectivity index (χ1) is 16.4. The quantitative estimate of drug-likeness (QED) is 0.391. The maximum atomic E-state index is 12.9. The number of carbonyl (C=O) groups excluding carboxylic acids is 2. The Labute approximate surface area is 205 Å². The Morgan fingerprint density at radius 1 is 1.12 bits per heavy atom. The number of aromatic nitrogens is 1. The molecule has 3 N–H and O–H groups in total. The third-order valence-electron chi connectivity index (χ3n) is 6.16. The van der Waals surface area contributed by atoms with Crippen molar-refractivity contribution in [2.45, 2.75) is 20.8 Å². The van der Waals surface area contributed by atoms with Gasteiger partial charge in [0.25, 0.3) is 11.8 Å². The van der Waals surface area contributed by atoms with Crippen molar-refractivity contribution in [3.05, 3.63) is 76.1 Å². The van der Waals surface area contributed by atoms with Gasteiger partial charge in [0.15, 0.2) is 0 Å². The second-order valence-electron chi connectivity index (χ2n) is 8.31. The lowest BCUT2D eigenvalue weighted by Crippen LogP contribution is -2.34. The molecule has 3 aromatic rings. The molecule has 0 atom stereocenters. The highest BCUT2D eigenvalue weighted by molar-refractivity contribution is 6.36. The van der Waals surface area contributed by atoms with Crippen molar-refractivity contribution in [2.24, 2.45) is 0 Å². The predicted molar refractivity (Wildman–Crippen MR) is 139 cm³/mol.